The van der Waals surface area contributed by atoms with Crippen molar-refractivity contribution in [2.45, 2.75) is 33.6 Å². The zero-order valence-electron chi connectivity index (χ0n) is 13.0. The van der Waals surface area contributed by atoms with Crippen molar-refractivity contribution < 1.29 is 0 Å². The average Bonchev–Trinajstić information content (AvgIpc) is 2.46. The molecule has 0 bridgehead atoms. The summed E-state index contributed by atoms with van der Waals surface area (Å²) >= 11 is 0. The van der Waals surface area contributed by atoms with Crippen LogP contribution in [0.1, 0.15) is 30.0 Å². The van der Waals surface area contributed by atoms with E-state index in [1.54, 1.807) is 0 Å². The fourth-order valence-electron chi connectivity index (χ4n) is 2.89. The van der Waals surface area contributed by atoms with Gasteiger partial charge < -0.3 is 0 Å². The van der Waals surface area contributed by atoms with Crippen molar-refractivity contribution in [3.8, 4) is 11.3 Å². The quantitative estimate of drug-likeness (QED) is 0.617. The summed E-state index contributed by atoms with van der Waals surface area (Å²) in [4.78, 5) is 4.87. The fraction of sp³-hybridized carbons (Fsp3) is 0.250. The predicted molar refractivity (Wildman–Crippen MR) is 90.6 cm³/mol. The zero-order valence-corrected chi connectivity index (χ0v) is 13.0. The van der Waals surface area contributed by atoms with E-state index in [0.717, 1.165) is 17.6 Å². The van der Waals surface area contributed by atoms with Crippen molar-refractivity contribution in [1.29, 1.82) is 0 Å². The van der Waals surface area contributed by atoms with Gasteiger partial charge in [-0.05, 0) is 50.1 Å². The van der Waals surface area contributed by atoms with Crippen LogP contribution in [0.2, 0.25) is 0 Å². The van der Waals surface area contributed by atoms with Gasteiger partial charge in [0, 0.05) is 10.9 Å². The number of fused-ring (bicyclic) bond motifs is 1. The number of pyridine rings is 1. The van der Waals surface area contributed by atoms with Gasteiger partial charge in [0.25, 0.3) is 0 Å². The second-order valence-corrected chi connectivity index (χ2v) is 5.85. The van der Waals surface area contributed by atoms with E-state index in [9.17, 15) is 0 Å². The highest BCUT2D eigenvalue weighted by molar-refractivity contribution is 5.82. The highest BCUT2D eigenvalue weighted by Gasteiger charge is 2.04. The van der Waals surface area contributed by atoms with E-state index >= 15 is 0 Å². The minimum absolute atomic E-state index is 1.06. The third-order valence-electron chi connectivity index (χ3n) is 3.81. The number of rotatable bonds is 3. The predicted octanol–water partition coefficient (Wildman–Crippen LogP) is 5.47. The lowest BCUT2D eigenvalue weighted by atomic mass is 10.0. The molecule has 3 aromatic rings. The molecule has 1 aromatic heterocycles. The molecule has 3 rings (SSSR count). The molecule has 1 heterocycles. The molecule has 0 fully saturated rings. The van der Waals surface area contributed by atoms with Gasteiger partial charge in [-0.25, -0.2) is 4.98 Å². The smallest absolute Gasteiger partial charge is 0.0712 e. The molecule has 0 unspecified atom stereocenters. The summed E-state index contributed by atoms with van der Waals surface area (Å²) in [6, 6.07) is 17.5. The third kappa shape index (κ3) is 2.97. The van der Waals surface area contributed by atoms with Crippen LogP contribution in [-0.4, -0.2) is 4.98 Å². The average molecular weight is 275 g/mol. The Morgan fingerprint density at radius 3 is 2.29 bits per heavy atom. The third-order valence-corrected chi connectivity index (χ3v) is 3.81. The Morgan fingerprint density at radius 1 is 0.857 bits per heavy atom. The maximum atomic E-state index is 4.87. The van der Waals surface area contributed by atoms with Crippen LogP contribution in [0, 0.1) is 13.8 Å². The molecule has 1 nitrogen and oxygen atoms in total. The molecular formula is C20H21N. The molecule has 0 aliphatic rings. The number of aromatic nitrogens is 1. The first kappa shape index (κ1) is 13.8. The lowest BCUT2D eigenvalue weighted by Crippen LogP contribution is -1.89. The highest BCUT2D eigenvalue weighted by atomic mass is 14.7. The Morgan fingerprint density at radius 2 is 1.57 bits per heavy atom. The van der Waals surface area contributed by atoms with Gasteiger partial charge in [0.05, 0.1) is 11.2 Å². The van der Waals surface area contributed by atoms with E-state index < -0.39 is 0 Å². The molecule has 106 valence electrons. The number of benzene rings is 2. The number of nitrogens with zero attached hydrogens (tertiary/aromatic N) is 1. The molecule has 0 spiro atoms. The van der Waals surface area contributed by atoms with Crippen LogP contribution in [0.3, 0.4) is 0 Å². The highest BCUT2D eigenvalue weighted by Crippen LogP contribution is 2.24. The maximum Gasteiger partial charge on any atom is 0.0712 e. The van der Waals surface area contributed by atoms with Crippen molar-refractivity contribution >= 4 is 10.9 Å². The topological polar surface area (TPSA) is 12.9 Å². The van der Waals surface area contributed by atoms with Crippen LogP contribution >= 0.6 is 0 Å². The molecule has 21 heavy (non-hydrogen) atoms. The standard InChI is InChI=1S/C20H21N/c1-4-5-16-6-7-17-8-9-19(21-20(17)13-16)18-11-14(2)10-15(3)12-18/h6-13H,4-5H2,1-3H3. The molecule has 0 aliphatic heterocycles. The van der Waals surface area contributed by atoms with Crippen molar-refractivity contribution in [1.82, 2.24) is 4.98 Å². The van der Waals surface area contributed by atoms with Crippen molar-refractivity contribution in [3.63, 3.8) is 0 Å². The Hall–Kier alpha value is -2.15. The van der Waals surface area contributed by atoms with Crippen LogP contribution in [0.4, 0.5) is 0 Å². The first-order valence-corrected chi connectivity index (χ1v) is 7.64. The van der Waals surface area contributed by atoms with Crippen molar-refractivity contribution in [2.75, 3.05) is 0 Å². The van der Waals surface area contributed by atoms with Gasteiger partial charge in [0.2, 0.25) is 0 Å². The number of hydrogen-bond donors (Lipinski definition) is 0. The van der Waals surface area contributed by atoms with Gasteiger partial charge >= 0.3 is 0 Å². The van der Waals surface area contributed by atoms with E-state index in [4.69, 9.17) is 4.98 Å². The van der Waals surface area contributed by atoms with Crippen LogP contribution < -0.4 is 0 Å². The summed E-state index contributed by atoms with van der Waals surface area (Å²) in [6.07, 6.45) is 2.29. The molecule has 0 atom stereocenters. The lowest BCUT2D eigenvalue weighted by Gasteiger charge is -2.07. The Labute approximate surface area is 126 Å². The number of aryl methyl sites for hydroxylation is 3. The van der Waals surface area contributed by atoms with Crippen LogP contribution in [-0.2, 0) is 6.42 Å². The summed E-state index contributed by atoms with van der Waals surface area (Å²) in [5.74, 6) is 0. The first-order chi connectivity index (χ1) is 10.2. The van der Waals surface area contributed by atoms with Gasteiger partial charge in [0.15, 0.2) is 0 Å². The molecule has 0 aliphatic carbocycles. The first-order valence-electron chi connectivity index (χ1n) is 7.64. The van der Waals surface area contributed by atoms with E-state index in [1.807, 2.05) is 0 Å². The van der Waals surface area contributed by atoms with E-state index in [1.165, 1.54) is 34.1 Å². The molecule has 1 heteroatoms. The summed E-state index contributed by atoms with van der Waals surface area (Å²) in [5.41, 5.74) is 7.30. The second kappa shape index (κ2) is 5.69. The van der Waals surface area contributed by atoms with Crippen molar-refractivity contribution in [2.24, 2.45) is 0 Å². The number of hydrogen-bond acceptors (Lipinski definition) is 1. The van der Waals surface area contributed by atoms with Crippen LogP contribution in [0.15, 0.2) is 48.5 Å². The summed E-state index contributed by atoms with van der Waals surface area (Å²) in [5, 5.41) is 1.21. The summed E-state index contributed by atoms with van der Waals surface area (Å²) in [7, 11) is 0. The van der Waals surface area contributed by atoms with E-state index in [0.29, 0.717) is 0 Å². The van der Waals surface area contributed by atoms with Crippen molar-refractivity contribution in [3.05, 3.63) is 65.2 Å². The summed E-state index contributed by atoms with van der Waals surface area (Å²) in [6.45, 7) is 6.48. The maximum absolute atomic E-state index is 4.87. The second-order valence-electron chi connectivity index (χ2n) is 5.85. The van der Waals surface area contributed by atoms with E-state index in [-0.39, 0.29) is 0 Å². The molecule has 0 amide bonds. The minimum atomic E-state index is 1.06. The Balaban J connectivity index is 2.10. The largest absolute Gasteiger partial charge is 0.248 e. The van der Waals surface area contributed by atoms with Gasteiger partial charge in [-0.3, -0.25) is 0 Å². The lowest BCUT2D eigenvalue weighted by molar-refractivity contribution is 0.923. The van der Waals surface area contributed by atoms with Crippen LogP contribution in [0.25, 0.3) is 22.2 Å². The Kier molecular flexibility index (Phi) is 3.74. The molecule has 2 aromatic carbocycles. The van der Waals surface area contributed by atoms with Crippen LogP contribution in [0.5, 0.6) is 0 Å². The van der Waals surface area contributed by atoms with Gasteiger partial charge in [-0.1, -0.05) is 48.7 Å². The monoisotopic (exact) mass is 275 g/mol. The molecule has 0 saturated carbocycles. The molecule has 0 N–H and O–H groups in total. The fourth-order valence-corrected chi connectivity index (χ4v) is 2.89. The Bertz CT molecular complexity index is 767. The van der Waals surface area contributed by atoms with Gasteiger partial charge in [0.1, 0.15) is 0 Å². The summed E-state index contributed by atoms with van der Waals surface area (Å²) < 4.78 is 0. The normalized spacial score (nSPS) is 11.0. The SMILES string of the molecule is CCCc1ccc2ccc(-c3cc(C)cc(C)c3)nc2c1. The zero-order chi connectivity index (χ0) is 14.8. The molecule has 0 radical (unpaired) electrons. The molecular weight excluding hydrogens is 254 g/mol. The van der Waals surface area contributed by atoms with Gasteiger partial charge in [-0.15, -0.1) is 0 Å². The van der Waals surface area contributed by atoms with E-state index in [2.05, 4.69) is 69.3 Å². The van der Waals surface area contributed by atoms with Gasteiger partial charge in [-0.2, -0.15) is 0 Å². The minimum Gasteiger partial charge on any atom is -0.248 e. The molecule has 0 saturated heterocycles.